The number of nitrogens with zero attached hydrogens (tertiary/aromatic N) is 1. The van der Waals surface area contributed by atoms with Crippen LogP contribution in [-0.2, 0) is 16.0 Å². The average molecular weight is 385 g/mol. The second kappa shape index (κ2) is 8.56. The molecular formula is C21H17F2NO4. The van der Waals surface area contributed by atoms with E-state index in [9.17, 15) is 18.4 Å². The highest BCUT2D eigenvalue weighted by molar-refractivity contribution is 5.97. The van der Waals surface area contributed by atoms with E-state index < -0.39 is 17.6 Å². The maximum Gasteiger partial charge on any atom is 0.306 e. The van der Waals surface area contributed by atoms with Gasteiger partial charge in [-0.1, -0.05) is 29.8 Å². The van der Waals surface area contributed by atoms with Gasteiger partial charge in [0.1, 0.15) is 11.6 Å². The van der Waals surface area contributed by atoms with Crippen molar-refractivity contribution in [1.29, 1.82) is 0 Å². The molecule has 0 bridgehead atoms. The highest BCUT2D eigenvalue weighted by Crippen LogP contribution is 2.24. The monoisotopic (exact) mass is 385 g/mol. The zero-order chi connectivity index (χ0) is 20.1. The fourth-order valence-electron chi connectivity index (χ4n) is 2.49. The number of ketones is 1. The maximum atomic E-state index is 13.8. The highest BCUT2D eigenvalue weighted by Gasteiger charge is 2.14. The van der Waals surface area contributed by atoms with Gasteiger partial charge in [0.15, 0.2) is 24.0 Å². The van der Waals surface area contributed by atoms with E-state index in [2.05, 4.69) is 4.98 Å². The molecule has 144 valence electrons. The van der Waals surface area contributed by atoms with Crippen molar-refractivity contribution in [2.24, 2.45) is 0 Å². The van der Waals surface area contributed by atoms with Crippen molar-refractivity contribution >= 4 is 11.8 Å². The standard InChI is InChI=1S/C21H17F2NO4/c1-13-2-4-14(5-3-13)18(25)12-27-21(26)9-8-20-24-11-19(28-20)16-7-6-15(22)10-17(16)23/h2-7,10-11H,8-9,12H2,1H3. The Bertz CT molecular complexity index is 996. The molecule has 0 N–H and O–H groups in total. The third-order valence-electron chi connectivity index (χ3n) is 4.03. The number of ether oxygens (including phenoxy) is 1. The van der Waals surface area contributed by atoms with Crippen LogP contribution in [0.25, 0.3) is 11.3 Å². The Balaban J connectivity index is 1.50. The number of Topliss-reactive ketones (excluding diaryl/α,β-unsaturated/α-hetero) is 1. The summed E-state index contributed by atoms with van der Waals surface area (Å²) >= 11 is 0. The van der Waals surface area contributed by atoms with Gasteiger partial charge in [0, 0.05) is 18.1 Å². The molecule has 0 aliphatic heterocycles. The van der Waals surface area contributed by atoms with Crippen LogP contribution in [0.15, 0.2) is 53.1 Å². The van der Waals surface area contributed by atoms with Crippen molar-refractivity contribution < 1.29 is 27.5 Å². The number of hydrogen-bond donors (Lipinski definition) is 0. The molecule has 3 aromatic rings. The minimum Gasteiger partial charge on any atom is -0.457 e. The number of halogens is 2. The van der Waals surface area contributed by atoms with Crippen molar-refractivity contribution in [2.75, 3.05) is 6.61 Å². The van der Waals surface area contributed by atoms with E-state index >= 15 is 0 Å². The lowest BCUT2D eigenvalue weighted by atomic mass is 10.1. The molecule has 28 heavy (non-hydrogen) atoms. The van der Waals surface area contributed by atoms with Gasteiger partial charge in [0.2, 0.25) is 0 Å². The number of aromatic nitrogens is 1. The van der Waals surface area contributed by atoms with Crippen LogP contribution in [0.4, 0.5) is 8.78 Å². The van der Waals surface area contributed by atoms with E-state index in [1.807, 2.05) is 6.92 Å². The van der Waals surface area contributed by atoms with Gasteiger partial charge in [-0.3, -0.25) is 9.59 Å². The van der Waals surface area contributed by atoms with E-state index in [1.54, 1.807) is 24.3 Å². The summed E-state index contributed by atoms with van der Waals surface area (Å²) in [7, 11) is 0. The molecule has 0 aliphatic rings. The van der Waals surface area contributed by atoms with E-state index in [0.717, 1.165) is 17.7 Å². The summed E-state index contributed by atoms with van der Waals surface area (Å²) in [6, 6.07) is 10.1. The van der Waals surface area contributed by atoms with Crippen molar-refractivity contribution in [2.45, 2.75) is 19.8 Å². The predicted molar refractivity (Wildman–Crippen MR) is 96.6 cm³/mol. The molecule has 1 heterocycles. The zero-order valence-corrected chi connectivity index (χ0v) is 15.1. The van der Waals surface area contributed by atoms with Crippen LogP contribution in [0, 0.1) is 18.6 Å². The first-order valence-electron chi connectivity index (χ1n) is 8.58. The molecule has 0 saturated carbocycles. The Hall–Kier alpha value is -3.35. The Morgan fingerprint density at radius 1 is 1.11 bits per heavy atom. The van der Waals surface area contributed by atoms with Gasteiger partial charge in [0.05, 0.1) is 18.2 Å². The first-order valence-corrected chi connectivity index (χ1v) is 8.58. The number of aryl methyl sites for hydroxylation is 2. The zero-order valence-electron chi connectivity index (χ0n) is 15.1. The second-order valence-electron chi connectivity index (χ2n) is 6.19. The summed E-state index contributed by atoms with van der Waals surface area (Å²) in [4.78, 5) is 27.8. The predicted octanol–water partition coefficient (Wildman–Crippen LogP) is 4.29. The summed E-state index contributed by atoms with van der Waals surface area (Å²) in [6.07, 6.45) is 1.38. The van der Waals surface area contributed by atoms with E-state index in [0.29, 0.717) is 5.56 Å². The largest absolute Gasteiger partial charge is 0.457 e. The van der Waals surface area contributed by atoms with Crippen LogP contribution >= 0.6 is 0 Å². The molecule has 0 radical (unpaired) electrons. The molecule has 3 rings (SSSR count). The van der Waals surface area contributed by atoms with E-state index in [-0.39, 0.29) is 42.4 Å². The smallest absolute Gasteiger partial charge is 0.306 e. The molecule has 0 spiro atoms. The van der Waals surface area contributed by atoms with E-state index in [1.165, 1.54) is 12.3 Å². The molecule has 2 aromatic carbocycles. The van der Waals surface area contributed by atoms with Crippen molar-refractivity contribution in [3.05, 3.63) is 77.3 Å². The van der Waals surface area contributed by atoms with Gasteiger partial charge in [-0.05, 0) is 19.1 Å². The number of carbonyl (C=O) groups is 2. The second-order valence-corrected chi connectivity index (χ2v) is 6.19. The molecule has 5 nitrogen and oxygen atoms in total. The molecule has 0 saturated heterocycles. The van der Waals surface area contributed by atoms with Gasteiger partial charge in [-0.25, -0.2) is 13.8 Å². The van der Waals surface area contributed by atoms with Gasteiger partial charge in [0.25, 0.3) is 0 Å². The van der Waals surface area contributed by atoms with Crippen LogP contribution in [0.3, 0.4) is 0 Å². The molecule has 0 aliphatic carbocycles. The first kappa shape index (κ1) is 19.4. The molecule has 0 unspecified atom stereocenters. The Labute approximate surface area is 160 Å². The number of oxazole rings is 1. The molecule has 7 heteroatoms. The Morgan fingerprint density at radius 2 is 1.86 bits per heavy atom. The van der Waals surface area contributed by atoms with Crippen molar-refractivity contribution in [1.82, 2.24) is 4.98 Å². The molecule has 0 atom stereocenters. The molecule has 1 aromatic heterocycles. The van der Waals surface area contributed by atoms with Crippen LogP contribution in [0.2, 0.25) is 0 Å². The lowest BCUT2D eigenvalue weighted by Gasteiger charge is -2.04. The fourth-order valence-corrected chi connectivity index (χ4v) is 2.49. The summed E-state index contributed by atoms with van der Waals surface area (Å²) in [5.41, 5.74) is 1.57. The topological polar surface area (TPSA) is 69.4 Å². The van der Waals surface area contributed by atoms with Crippen LogP contribution < -0.4 is 0 Å². The summed E-state index contributed by atoms with van der Waals surface area (Å²) < 4.78 is 37.1. The fraction of sp³-hybridized carbons (Fsp3) is 0.190. The third kappa shape index (κ3) is 4.88. The SMILES string of the molecule is Cc1ccc(C(=O)COC(=O)CCc2ncc(-c3ccc(F)cc3F)o2)cc1. The van der Waals surface area contributed by atoms with Gasteiger partial charge in [-0.15, -0.1) is 0 Å². The Kier molecular flexibility index (Phi) is 5.93. The van der Waals surface area contributed by atoms with E-state index in [4.69, 9.17) is 9.15 Å². The summed E-state index contributed by atoms with van der Waals surface area (Å²) in [6.45, 7) is 1.56. The van der Waals surface area contributed by atoms with Crippen LogP contribution in [-0.4, -0.2) is 23.3 Å². The number of carbonyl (C=O) groups excluding carboxylic acids is 2. The number of rotatable bonds is 7. The number of benzene rings is 2. The normalized spacial score (nSPS) is 10.7. The third-order valence-corrected chi connectivity index (χ3v) is 4.03. The molecule has 0 fully saturated rings. The molecular weight excluding hydrogens is 368 g/mol. The maximum absolute atomic E-state index is 13.8. The summed E-state index contributed by atoms with van der Waals surface area (Å²) in [5.74, 6) is -1.98. The Morgan fingerprint density at radius 3 is 2.57 bits per heavy atom. The summed E-state index contributed by atoms with van der Waals surface area (Å²) in [5, 5.41) is 0. The minimum absolute atomic E-state index is 0.0486. The lowest BCUT2D eigenvalue weighted by molar-refractivity contribution is -0.142. The van der Waals surface area contributed by atoms with Gasteiger partial charge in [-0.2, -0.15) is 0 Å². The van der Waals surface area contributed by atoms with Crippen molar-refractivity contribution in [3.63, 3.8) is 0 Å². The number of hydrogen-bond acceptors (Lipinski definition) is 5. The highest BCUT2D eigenvalue weighted by atomic mass is 19.1. The van der Waals surface area contributed by atoms with Gasteiger partial charge >= 0.3 is 5.97 Å². The lowest BCUT2D eigenvalue weighted by Crippen LogP contribution is -2.14. The van der Waals surface area contributed by atoms with Crippen molar-refractivity contribution in [3.8, 4) is 11.3 Å². The van der Waals surface area contributed by atoms with Crippen LogP contribution in [0.5, 0.6) is 0 Å². The van der Waals surface area contributed by atoms with Gasteiger partial charge < -0.3 is 9.15 Å². The van der Waals surface area contributed by atoms with Crippen LogP contribution in [0.1, 0.15) is 28.2 Å². The minimum atomic E-state index is -0.767. The average Bonchev–Trinajstić information content (AvgIpc) is 3.13. The molecule has 0 amide bonds. The first-order chi connectivity index (χ1) is 13.4. The number of esters is 1. The quantitative estimate of drug-likeness (QED) is 0.448.